The van der Waals surface area contributed by atoms with E-state index in [2.05, 4.69) is 39.0 Å². The van der Waals surface area contributed by atoms with Crippen LogP contribution in [0.5, 0.6) is 0 Å². The van der Waals surface area contributed by atoms with Crippen molar-refractivity contribution in [3.63, 3.8) is 0 Å². The lowest BCUT2D eigenvalue weighted by molar-refractivity contribution is -0.139. The van der Waals surface area contributed by atoms with Crippen LogP contribution in [0.1, 0.15) is 50.8 Å². The van der Waals surface area contributed by atoms with E-state index < -0.39 is 20.1 Å². The lowest BCUT2D eigenvalue weighted by Gasteiger charge is -2.45. The van der Waals surface area contributed by atoms with Crippen molar-refractivity contribution < 1.29 is 17.6 Å². The van der Waals surface area contributed by atoms with Crippen LogP contribution >= 0.6 is 0 Å². The standard InChI is InChI=1S/C15H25F3N2OSi/c1-14(2,3)22(5,6)21-11-7-10(8-11)13-12(15(16,17)18)9-19-20(13)4/h9-11H,7-8H2,1-6H3. The maximum Gasteiger partial charge on any atom is 0.419 e. The predicted octanol–water partition coefficient (Wildman–Crippen LogP) is 4.71. The van der Waals surface area contributed by atoms with E-state index in [0.29, 0.717) is 18.5 Å². The van der Waals surface area contributed by atoms with Gasteiger partial charge in [-0.15, -0.1) is 0 Å². The zero-order valence-electron chi connectivity index (χ0n) is 14.1. The Morgan fingerprint density at radius 1 is 1.23 bits per heavy atom. The van der Waals surface area contributed by atoms with E-state index in [-0.39, 0.29) is 17.1 Å². The molecule has 0 saturated heterocycles. The first-order valence-electron chi connectivity index (χ1n) is 7.60. The van der Waals surface area contributed by atoms with Crippen LogP contribution in [-0.2, 0) is 17.6 Å². The second-order valence-electron chi connectivity index (χ2n) is 7.73. The highest BCUT2D eigenvalue weighted by molar-refractivity contribution is 6.74. The van der Waals surface area contributed by atoms with E-state index in [9.17, 15) is 13.2 Å². The quantitative estimate of drug-likeness (QED) is 0.749. The van der Waals surface area contributed by atoms with Gasteiger partial charge in [-0.2, -0.15) is 18.3 Å². The second kappa shape index (κ2) is 5.37. The molecule has 3 nitrogen and oxygen atoms in total. The van der Waals surface area contributed by atoms with Crippen molar-refractivity contribution in [1.29, 1.82) is 0 Å². The Balaban J connectivity index is 2.06. The zero-order valence-corrected chi connectivity index (χ0v) is 15.1. The number of aromatic nitrogens is 2. The predicted molar refractivity (Wildman–Crippen MR) is 82.3 cm³/mol. The largest absolute Gasteiger partial charge is 0.419 e. The van der Waals surface area contributed by atoms with Crippen LogP contribution in [0, 0.1) is 0 Å². The minimum atomic E-state index is -4.34. The molecule has 1 aromatic heterocycles. The van der Waals surface area contributed by atoms with Gasteiger partial charge in [0, 0.05) is 19.1 Å². The van der Waals surface area contributed by atoms with E-state index in [0.717, 1.165) is 6.20 Å². The third-order valence-corrected chi connectivity index (χ3v) is 9.57. The summed E-state index contributed by atoms with van der Waals surface area (Å²) < 4.78 is 46.7. The molecule has 0 unspecified atom stereocenters. The number of hydrogen-bond donors (Lipinski definition) is 0. The minimum absolute atomic E-state index is 0.0712. The fraction of sp³-hybridized carbons (Fsp3) is 0.800. The minimum Gasteiger partial charge on any atom is -0.414 e. The van der Waals surface area contributed by atoms with Crippen molar-refractivity contribution in [3.8, 4) is 0 Å². The molecule has 1 fully saturated rings. The monoisotopic (exact) mass is 334 g/mol. The summed E-state index contributed by atoms with van der Waals surface area (Å²) in [6, 6.07) is 0. The molecule has 0 N–H and O–H groups in total. The lowest BCUT2D eigenvalue weighted by atomic mass is 9.79. The molecule has 7 heteroatoms. The molecule has 0 atom stereocenters. The molecule has 0 bridgehead atoms. The zero-order chi connectivity index (χ0) is 16.9. The van der Waals surface area contributed by atoms with Crippen LogP contribution < -0.4 is 0 Å². The van der Waals surface area contributed by atoms with Gasteiger partial charge in [-0.3, -0.25) is 4.68 Å². The summed E-state index contributed by atoms with van der Waals surface area (Å²) in [7, 11) is -0.285. The SMILES string of the molecule is Cn1ncc(C(F)(F)F)c1C1CC(O[Si](C)(C)C(C)(C)C)C1. The molecular weight excluding hydrogens is 309 g/mol. The van der Waals surface area contributed by atoms with Crippen molar-refractivity contribution in [1.82, 2.24) is 9.78 Å². The van der Waals surface area contributed by atoms with E-state index >= 15 is 0 Å². The summed E-state index contributed by atoms with van der Waals surface area (Å²) in [5, 5.41) is 3.90. The molecule has 0 amide bonds. The molecule has 1 saturated carbocycles. The number of halogens is 3. The third-order valence-electron chi connectivity index (χ3n) is 5.04. The average molecular weight is 334 g/mol. The number of hydrogen-bond acceptors (Lipinski definition) is 2. The number of rotatable bonds is 3. The molecule has 22 heavy (non-hydrogen) atoms. The van der Waals surface area contributed by atoms with Crippen molar-refractivity contribution >= 4 is 8.32 Å². The Morgan fingerprint density at radius 3 is 2.23 bits per heavy atom. The maximum absolute atomic E-state index is 13.0. The molecule has 1 aliphatic rings. The molecule has 1 aliphatic carbocycles. The molecule has 0 spiro atoms. The van der Waals surface area contributed by atoms with Crippen LogP contribution in [0.2, 0.25) is 18.1 Å². The molecule has 0 aliphatic heterocycles. The first-order valence-corrected chi connectivity index (χ1v) is 10.5. The Hall–Kier alpha value is -0.823. The third kappa shape index (κ3) is 3.25. The summed E-state index contributed by atoms with van der Waals surface area (Å²) in [5.41, 5.74) is -0.312. The highest BCUT2D eigenvalue weighted by Gasteiger charge is 2.46. The van der Waals surface area contributed by atoms with Crippen LogP contribution in [0.15, 0.2) is 6.20 Å². The van der Waals surface area contributed by atoms with Gasteiger partial charge in [-0.05, 0) is 31.0 Å². The molecule has 0 aromatic carbocycles. The summed E-state index contributed by atoms with van der Waals surface area (Å²) in [4.78, 5) is 0. The Labute approximate surface area is 131 Å². The van der Waals surface area contributed by atoms with Crippen LogP contribution in [0.4, 0.5) is 13.2 Å². The van der Waals surface area contributed by atoms with Crippen molar-refractivity contribution in [2.45, 2.75) is 69.9 Å². The number of aryl methyl sites for hydroxylation is 1. The normalized spacial score (nSPS) is 23.5. The highest BCUT2D eigenvalue weighted by Crippen LogP contribution is 2.47. The topological polar surface area (TPSA) is 27.1 Å². The van der Waals surface area contributed by atoms with Crippen molar-refractivity contribution in [2.24, 2.45) is 7.05 Å². The molecular formula is C15H25F3N2OSi. The van der Waals surface area contributed by atoms with Gasteiger partial charge in [-0.25, -0.2) is 0 Å². The van der Waals surface area contributed by atoms with Crippen LogP contribution in [0.25, 0.3) is 0 Å². The molecule has 0 radical (unpaired) electrons. The van der Waals surface area contributed by atoms with Gasteiger partial charge in [0.25, 0.3) is 0 Å². The van der Waals surface area contributed by atoms with Gasteiger partial charge in [0.2, 0.25) is 0 Å². The average Bonchev–Trinajstić information content (AvgIpc) is 2.63. The van der Waals surface area contributed by atoms with Gasteiger partial charge < -0.3 is 4.43 Å². The summed E-state index contributed by atoms with van der Waals surface area (Å²) >= 11 is 0. The summed E-state index contributed by atoms with van der Waals surface area (Å²) in [6.07, 6.45) is -2.04. The maximum atomic E-state index is 13.0. The van der Waals surface area contributed by atoms with E-state index in [4.69, 9.17) is 4.43 Å². The fourth-order valence-corrected chi connectivity index (χ4v) is 4.01. The first kappa shape index (κ1) is 17.5. The van der Waals surface area contributed by atoms with E-state index in [1.54, 1.807) is 7.05 Å². The Morgan fingerprint density at radius 2 is 1.77 bits per heavy atom. The molecule has 2 rings (SSSR count). The summed E-state index contributed by atoms with van der Waals surface area (Å²) in [6.45, 7) is 10.8. The van der Waals surface area contributed by atoms with E-state index in [1.165, 1.54) is 4.68 Å². The lowest BCUT2D eigenvalue weighted by Crippen LogP contribution is -2.47. The van der Waals surface area contributed by atoms with Gasteiger partial charge in [0.05, 0.1) is 17.5 Å². The van der Waals surface area contributed by atoms with Crippen LogP contribution in [0.3, 0.4) is 0 Å². The molecule has 126 valence electrons. The Bertz CT molecular complexity index is 540. The number of alkyl halides is 3. The highest BCUT2D eigenvalue weighted by atomic mass is 28.4. The summed E-state index contributed by atoms with van der Waals surface area (Å²) in [5.74, 6) is -0.112. The van der Waals surface area contributed by atoms with Crippen molar-refractivity contribution in [3.05, 3.63) is 17.5 Å². The molecule has 1 heterocycles. The van der Waals surface area contributed by atoms with Gasteiger partial charge >= 0.3 is 6.18 Å². The second-order valence-corrected chi connectivity index (χ2v) is 12.5. The first-order chi connectivity index (χ1) is 9.83. The Kier molecular flexibility index (Phi) is 4.28. The van der Waals surface area contributed by atoms with Crippen molar-refractivity contribution in [2.75, 3.05) is 0 Å². The van der Waals surface area contributed by atoms with Crippen LogP contribution in [-0.4, -0.2) is 24.2 Å². The van der Waals surface area contributed by atoms with E-state index in [1.807, 2.05) is 0 Å². The fourth-order valence-electron chi connectivity index (χ4n) is 2.63. The van der Waals surface area contributed by atoms with Gasteiger partial charge in [0.15, 0.2) is 8.32 Å². The number of nitrogens with zero attached hydrogens (tertiary/aromatic N) is 2. The van der Waals surface area contributed by atoms with Gasteiger partial charge in [-0.1, -0.05) is 20.8 Å². The smallest absolute Gasteiger partial charge is 0.414 e. The van der Waals surface area contributed by atoms with Gasteiger partial charge in [0.1, 0.15) is 0 Å². The molecule has 1 aromatic rings.